The smallest absolute Gasteiger partial charge is 0.0233 e. The molecule has 0 bridgehead atoms. The van der Waals surface area contributed by atoms with Crippen molar-refractivity contribution in [1.82, 2.24) is 9.80 Å². The molecule has 1 fully saturated rings. The maximum absolute atomic E-state index is 2.57. The monoisotopic (exact) mass is 218 g/mol. The van der Waals surface area contributed by atoms with Crippen molar-refractivity contribution in [2.45, 2.75) is 13.0 Å². The lowest BCUT2D eigenvalue weighted by molar-refractivity contribution is 0.286. The van der Waals surface area contributed by atoms with Gasteiger partial charge in [-0.2, -0.15) is 0 Å². The summed E-state index contributed by atoms with van der Waals surface area (Å²) in [5.74, 6) is 0.860. The van der Waals surface area contributed by atoms with Crippen molar-refractivity contribution in [1.29, 1.82) is 0 Å². The van der Waals surface area contributed by atoms with Crippen molar-refractivity contribution >= 4 is 0 Å². The fourth-order valence-corrected chi connectivity index (χ4v) is 2.56. The van der Waals surface area contributed by atoms with Crippen LogP contribution in [0.1, 0.15) is 12.0 Å². The second-order valence-electron chi connectivity index (χ2n) is 5.14. The van der Waals surface area contributed by atoms with Crippen LogP contribution in [0.15, 0.2) is 30.3 Å². The molecule has 2 rings (SSSR count). The minimum absolute atomic E-state index is 0.860. The summed E-state index contributed by atoms with van der Waals surface area (Å²) in [6, 6.07) is 10.8. The van der Waals surface area contributed by atoms with Crippen LogP contribution < -0.4 is 0 Å². The van der Waals surface area contributed by atoms with Crippen molar-refractivity contribution < 1.29 is 0 Å². The predicted molar refractivity (Wildman–Crippen MR) is 68.4 cm³/mol. The lowest BCUT2D eigenvalue weighted by atomic mass is 10.1. The van der Waals surface area contributed by atoms with E-state index in [-0.39, 0.29) is 0 Å². The lowest BCUT2D eigenvalue weighted by Crippen LogP contribution is -2.25. The average Bonchev–Trinajstić information content (AvgIpc) is 2.66. The van der Waals surface area contributed by atoms with E-state index in [9.17, 15) is 0 Å². The molecule has 1 unspecified atom stereocenters. The van der Waals surface area contributed by atoms with Gasteiger partial charge in [0.2, 0.25) is 0 Å². The zero-order chi connectivity index (χ0) is 11.4. The van der Waals surface area contributed by atoms with E-state index < -0.39 is 0 Å². The van der Waals surface area contributed by atoms with Crippen LogP contribution in [0, 0.1) is 5.92 Å². The molecule has 88 valence electrons. The molecule has 1 saturated heterocycles. The quantitative estimate of drug-likeness (QED) is 0.763. The molecule has 1 heterocycles. The van der Waals surface area contributed by atoms with Crippen molar-refractivity contribution in [3.63, 3.8) is 0 Å². The molecule has 1 aliphatic rings. The highest BCUT2D eigenvalue weighted by Gasteiger charge is 2.22. The normalized spacial score (nSPS) is 21.8. The summed E-state index contributed by atoms with van der Waals surface area (Å²) in [6.07, 6.45) is 1.35. The first-order valence-corrected chi connectivity index (χ1v) is 6.15. The van der Waals surface area contributed by atoms with Gasteiger partial charge in [0.05, 0.1) is 0 Å². The van der Waals surface area contributed by atoms with E-state index in [2.05, 4.69) is 54.2 Å². The molecule has 16 heavy (non-hydrogen) atoms. The Hall–Kier alpha value is -0.860. The molecule has 2 heteroatoms. The Morgan fingerprint density at radius 2 is 2.00 bits per heavy atom. The van der Waals surface area contributed by atoms with Gasteiger partial charge in [-0.1, -0.05) is 30.3 Å². The summed E-state index contributed by atoms with van der Waals surface area (Å²) in [7, 11) is 4.33. The predicted octanol–water partition coefficient (Wildman–Crippen LogP) is 2.07. The number of hydrogen-bond donors (Lipinski definition) is 0. The second kappa shape index (κ2) is 5.46. The highest BCUT2D eigenvalue weighted by Crippen LogP contribution is 2.18. The Morgan fingerprint density at radius 3 is 2.69 bits per heavy atom. The van der Waals surface area contributed by atoms with Crippen LogP contribution in [0.25, 0.3) is 0 Å². The van der Waals surface area contributed by atoms with Crippen LogP contribution in [-0.2, 0) is 6.54 Å². The van der Waals surface area contributed by atoms with Gasteiger partial charge in [0.25, 0.3) is 0 Å². The van der Waals surface area contributed by atoms with Gasteiger partial charge >= 0.3 is 0 Å². The molecule has 1 aromatic carbocycles. The van der Waals surface area contributed by atoms with Gasteiger partial charge in [0, 0.05) is 19.6 Å². The van der Waals surface area contributed by atoms with Crippen LogP contribution in [0.2, 0.25) is 0 Å². The van der Waals surface area contributed by atoms with Crippen LogP contribution in [0.3, 0.4) is 0 Å². The number of benzene rings is 1. The summed E-state index contributed by atoms with van der Waals surface area (Å²) in [4.78, 5) is 4.88. The molecule has 0 spiro atoms. The Kier molecular flexibility index (Phi) is 3.97. The number of likely N-dealkylation sites (tertiary alicyclic amines) is 1. The summed E-state index contributed by atoms with van der Waals surface area (Å²) in [5.41, 5.74) is 1.44. The minimum Gasteiger partial charge on any atom is -0.309 e. The molecule has 1 atom stereocenters. The topological polar surface area (TPSA) is 6.48 Å². The highest BCUT2D eigenvalue weighted by atomic mass is 15.2. The standard InChI is InChI=1S/C14H22N2/c1-15(2)10-14-8-9-16(12-14)11-13-6-4-3-5-7-13/h3-7,14H,8-12H2,1-2H3. The summed E-state index contributed by atoms with van der Waals surface area (Å²) < 4.78 is 0. The largest absolute Gasteiger partial charge is 0.309 e. The molecular formula is C14H22N2. The summed E-state index contributed by atoms with van der Waals surface area (Å²) >= 11 is 0. The van der Waals surface area contributed by atoms with Crippen LogP contribution in [-0.4, -0.2) is 43.5 Å². The van der Waals surface area contributed by atoms with Gasteiger partial charge in [0.1, 0.15) is 0 Å². The van der Waals surface area contributed by atoms with E-state index in [1.54, 1.807) is 0 Å². The van der Waals surface area contributed by atoms with Gasteiger partial charge in [0.15, 0.2) is 0 Å². The number of hydrogen-bond acceptors (Lipinski definition) is 2. The molecule has 1 aliphatic heterocycles. The summed E-state index contributed by atoms with van der Waals surface area (Å²) in [6.45, 7) is 4.86. The summed E-state index contributed by atoms with van der Waals surface area (Å²) in [5, 5.41) is 0. The van der Waals surface area contributed by atoms with Crippen LogP contribution in [0.5, 0.6) is 0 Å². The fraction of sp³-hybridized carbons (Fsp3) is 0.571. The first-order chi connectivity index (χ1) is 7.74. The Morgan fingerprint density at radius 1 is 1.25 bits per heavy atom. The van der Waals surface area contributed by atoms with Crippen LogP contribution >= 0.6 is 0 Å². The molecular weight excluding hydrogens is 196 g/mol. The average molecular weight is 218 g/mol. The molecule has 0 saturated carbocycles. The Balaban J connectivity index is 1.81. The van der Waals surface area contributed by atoms with Crippen molar-refractivity contribution in [3.8, 4) is 0 Å². The SMILES string of the molecule is CN(C)CC1CCN(Cc2ccccc2)C1. The van der Waals surface area contributed by atoms with Gasteiger partial charge in [-0.05, 0) is 38.5 Å². The van der Waals surface area contributed by atoms with Gasteiger partial charge < -0.3 is 4.90 Å². The molecule has 2 nitrogen and oxygen atoms in total. The molecule has 0 N–H and O–H groups in total. The van der Waals surface area contributed by atoms with Gasteiger partial charge in [-0.25, -0.2) is 0 Å². The van der Waals surface area contributed by atoms with Gasteiger partial charge in [-0.3, -0.25) is 4.90 Å². The maximum Gasteiger partial charge on any atom is 0.0233 e. The Labute approximate surface area is 98.9 Å². The first-order valence-electron chi connectivity index (χ1n) is 6.15. The first kappa shape index (κ1) is 11.6. The zero-order valence-electron chi connectivity index (χ0n) is 10.4. The van der Waals surface area contributed by atoms with Crippen LogP contribution in [0.4, 0.5) is 0 Å². The Bertz CT molecular complexity index is 308. The molecule has 0 radical (unpaired) electrons. The maximum atomic E-state index is 2.57. The third-order valence-corrected chi connectivity index (χ3v) is 3.24. The van der Waals surface area contributed by atoms with E-state index in [4.69, 9.17) is 0 Å². The van der Waals surface area contributed by atoms with E-state index in [1.165, 1.54) is 31.6 Å². The van der Waals surface area contributed by atoms with E-state index in [0.717, 1.165) is 12.5 Å². The lowest BCUT2D eigenvalue weighted by Gasteiger charge is -2.18. The second-order valence-corrected chi connectivity index (χ2v) is 5.14. The van der Waals surface area contributed by atoms with E-state index in [1.807, 2.05) is 0 Å². The zero-order valence-corrected chi connectivity index (χ0v) is 10.4. The fourth-order valence-electron chi connectivity index (χ4n) is 2.56. The van der Waals surface area contributed by atoms with E-state index >= 15 is 0 Å². The van der Waals surface area contributed by atoms with Gasteiger partial charge in [-0.15, -0.1) is 0 Å². The minimum atomic E-state index is 0.860. The van der Waals surface area contributed by atoms with E-state index in [0.29, 0.717) is 0 Å². The number of nitrogens with zero attached hydrogens (tertiary/aromatic N) is 2. The third-order valence-electron chi connectivity index (χ3n) is 3.24. The molecule has 1 aromatic rings. The highest BCUT2D eigenvalue weighted by molar-refractivity contribution is 5.14. The molecule has 0 aromatic heterocycles. The van der Waals surface area contributed by atoms with Crippen molar-refractivity contribution in [3.05, 3.63) is 35.9 Å². The van der Waals surface area contributed by atoms with Crippen molar-refractivity contribution in [2.24, 2.45) is 5.92 Å². The molecule has 0 amide bonds. The van der Waals surface area contributed by atoms with Crippen molar-refractivity contribution in [2.75, 3.05) is 33.7 Å². The molecule has 0 aliphatic carbocycles. The third kappa shape index (κ3) is 3.32. The number of rotatable bonds is 4.